The van der Waals surface area contributed by atoms with Gasteiger partial charge in [0.25, 0.3) is 0 Å². The van der Waals surface area contributed by atoms with Crippen LogP contribution in [0.2, 0.25) is 0 Å². The van der Waals surface area contributed by atoms with Crippen LogP contribution in [-0.4, -0.2) is 38.9 Å². The lowest BCUT2D eigenvalue weighted by atomic mass is 10.1. The maximum Gasteiger partial charge on any atom is 0.417 e. The first-order valence-corrected chi connectivity index (χ1v) is 8.14. The van der Waals surface area contributed by atoms with E-state index < -0.39 is 32.5 Å². The molecule has 0 saturated carbocycles. The Bertz CT molecular complexity index is 638. The minimum Gasteiger partial charge on any atom is -0.317 e. The Kier molecular flexibility index (Phi) is 4.78. The molecule has 1 saturated heterocycles. The van der Waals surface area contributed by atoms with Crippen LogP contribution >= 0.6 is 0 Å². The van der Waals surface area contributed by atoms with E-state index in [-0.39, 0.29) is 25.2 Å². The molecule has 0 amide bonds. The first-order chi connectivity index (χ1) is 10.2. The van der Waals surface area contributed by atoms with Gasteiger partial charge in [-0.25, -0.2) is 12.8 Å². The Labute approximate surface area is 126 Å². The number of piperidine rings is 1. The number of halogens is 4. The average Bonchev–Trinajstić information content (AvgIpc) is 2.46. The van der Waals surface area contributed by atoms with Gasteiger partial charge in [0.1, 0.15) is 5.82 Å². The molecule has 0 aliphatic carbocycles. The number of rotatable bonds is 3. The van der Waals surface area contributed by atoms with Crippen LogP contribution < -0.4 is 5.32 Å². The predicted molar refractivity (Wildman–Crippen MR) is 72.2 cm³/mol. The molecule has 22 heavy (non-hydrogen) atoms. The third-order valence-electron chi connectivity index (χ3n) is 3.73. The Balaban J connectivity index is 2.38. The highest BCUT2D eigenvalue weighted by molar-refractivity contribution is 7.89. The summed E-state index contributed by atoms with van der Waals surface area (Å²) in [6, 6.07) is 1.76. The minimum absolute atomic E-state index is 0.127. The molecule has 1 aromatic rings. The molecular weight excluding hydrogens is 324 g/mol. The van der Waals surface area contributed by atoms with Crippen molar-refractivity contribution < 1.29 is 26.0 Å². The van der Waals surface area contributed by atoms with Crippen molar-refractivity contribution in [1.82, 2.24) is 9.62 Å². The van der Waals surface area contributed by atoms with Gasteiger partial charge in [-0.15, -0.1) is 0 Å². The van der Waals surface area contributed by atoms with Crippen LogP contribution in [-0.2, 0) is 16.2 Å². The van der Waals surface area contributed by atoms with Gasteiger partial charge in [-0.3, -0.25) is 0 Å². The molecule has 0 atom stereocenters. The highest BCUT2D eigenvalue weighted by atomic mass is 32.2. The van der Waals surface area contributed by atoms with Gasteiger partial charge >= 0.3 is 6.18 Å². The third-order valence-corrected chi connectivity index (χ3v) is 5.68. The Morgan fingerprint density at radius 1 is 1.23 bits per heavy atom. The van der Waals surface area contributed by atoms with E-state index in [1.54, 1.807) is 7.05 Å². The fraction of sp³-hybridized carbons (Fsp3) is 0.538. The molecule has 0 unspecified atom stereocenters. The minimum atomic E-state index is -4.94. The fourth-order valence-electron chi connectivity index (χ4n) is 2.47. The molecule has 0 bridgehead atoms. The molecule has 0 radical (unpaired) electrons. The van der Waals surface area contributed by atoms with Crippen LogP contribution in [0.15, 0.2) is 23.1 Å². The number of hydrogen-bond acceptors (Lipinski definition) is 3. The smallest absolute Gasteiger partial charge is 0.317 e. The van der Waals surface area contributed by atoms with Crippen molar-refractivity contribution in [1.29, 1.82) is 0 Å². The number of alkyl halides is 3. The van der Waals surface area contributed by atoms with Crippen molar-refractivity contribution in [2.75, 3.05) is 20.1 Å². The van der Waals surface area contributed by atoms with Crippen molar-refractivity contribution in [2.24, 2.45) is 0 Å². The molecule has 1 aliphatic heterocycles. The maximum absolute atomic E-state index is 13.1. The number of benzene rings is 1. The predicted octanol–water partition coefficient (Wildman–Crippen LogP) is 2.22. The van der Waals surface area contributed by atoms with E-state index in [2.05, 4.69) is 5.32 Å². The molecule has 1 heterocycles. The molecule has 1 N–H and O–H groups in total. The summed E-state index contributed by atoms with van der Waals surface area (Å²) in [4.78, 5) is -0.899. The van der Waals surface area contributed by atoms with Crippen molar-refractivity contribution in [3.05, 3.63) is 29.6 Å². The average molecular weight is 340 g/mol. The molecule has 0 spiro atoms. The molecule has 0 aromatic heterocycles. The summed E-state index contributed by atoms with van der Waals surface area (Å²) in [5, 5.41) is 3.01. The van der Waals surface area contributed by atoms with Crippen LogP contribution in [0.5, 0.6) is 0 Å². The zero-order chi connectivity index (χ0) is 16.5. The largest absolute Gasteiger partial charge is 0.417 e. The first kappa shape index (κ1) is 17.2. The molecule has 1 aromatic carbocycles. The SMILES string of the molecule is CNC1CCN(S(=O)(=O)c2ccc(F)cc2C(F)(F)F)CC1. The van der Waals surface area contributed by atoms with Gasteiger partial charge in [-0.05, 0) is 38.1 Å². The molecular formula is C13H16F4N2O2S. The van der Waals surface area contributed by atoms with Crippen molar-refractivity contribution >= 4 is 10.0 Å². The Morgan fingerprint density at radius 2 is 1.82 bits per heavy atom. The lowest BCUT2D eigenvalue weighted by molar-refractivity contribution is -0.140. The lowest BCUT2D eigenvalue weighted by Gasteiger charge is -2.31. The van der Waals surface area contributed by atoms with Crippen LogP contribution in [0.1, 0.15) is 18.4 Å². The van der Waals surface area contributed by atoms with Crippen molar-refractivity contribution in [3.63, 3.8) is 0 Å². The summed E-state index contributed by atoms with van der Waals surface area (Å²) >= 11 is 0. The number of sulfonamides is 1. The van der Waals surface area contributed by atoms with E-state index in [0.717, 1.165) is 10.4 Å². The highest BCUT2D eigenvalue weighted by Gasteiger charge is 2.40. The van der Waals surface area contributed by atoms with Gasteiger partial charge in [0.15, 0.2) is 0 Å². The summed E-state index contributed by atoms with van der Waals surface area (Å²) in [6.07, 6.45) is -3.91. The van der Waals surface area contributed by atoms with E-state index in [1.807, 2.05) is 0 Å². The van der Waals surface area contributed by atoms with Gasteiger partial charge in [0, 0.05) is 19.1 Å². The van der Waals surface area contributed by atoms with Crippen LogP contribution in [0, 0.1) is 5.82 Å². The molecule has 9 heteroatoms. The summed E-state index contributed by atoms with van der Waals surface area (Å²) in [7, 11) is -2.56. The second kappa shape index (κ2) is 6.13. The topological polar surface area (TPSA) is 49.4 Å². The lowest BCUT2D eigenvalue weighted by Crippen LogP contribution is -2.44. The maximum atomic E-state index is 13.1. The second-order valence-corrected chi connectivity index (χ2v) is 7.01. The van der Waals surface area contributed by atoms with Gasteiger partial charge < -0.3 is 5.32 Å². The Morgan fingerprint density at radius 3 is 2.32 bits per heavy atom. The van der Waals surface area contributed by atoms with Crippen LogP contribution in [0.25, 0.3) is 0 Å². The van der Waals surface area contributed by atoms with Gasteiger partial charge in [-0.1, -0.05) is 0 Å². The van der Waals surface area contributed by atoms with E-state index in [1.165, 1.54) is 0 Å². The van der Waals surface area contributed by atoms with Gasteiger partial charge in [0.05, 0.1) is 10.5 Å². The number of nitrogens with one attached hydrogen (secondary N) is 1. The quantitative estimate of drug-likeness (QED) is 0.859. The van der Waals surface area contributed by atoms with E-state index >= 15 is 0 Å². The van der Waals surface area contributed by atoms with Gasteiger partial charge in [-0.2, -0.15) is 17.5 Å². The normalized spacial score (nSPS) is 18.6. The summed E-state index contributed by atoms with van der Waals surface area (Å²) in [5.41, 5.74) is -1.47. The van der Waals surface area contributed by atoms with Crippen molar-refractivity contribution in [3.8, 4) is 0 Å². The molecule has 2 rings (SSSR count). The molecule has 124 valence electrons. The van der Waals surface area contributed by atoms with E-state index in [0.29, 0.717) is 18.9 Å². The second-order valence-electron chi connectivity index (χ2n) is 5.11. The zero-order valence-corrected chi connectivity index (χ0v) is 12.6. The standard InChI is InChI=1S/C13H16F4N2O2S/c1-18-10-4-6-19(7-5-10)22(20,21)12-3-2-9(14)8-11(12)13(15,16)17/h2-3,8,10,18H,4-7H2,1H3. The van der Waals surface area contributed by atoms with Crippen LogP contribution in [0.4, 0.5) is 17.6 Å². The fourth-order valence-corrected chi connectivity index (χ4v) is 4.13. The van der Waals surface area contributed by atoms with Crippen LogP contribution in [0.3, 0.4) is 0 Å². The number of nitrogens with zero attached hydrogens (tertiary/aromatic N) is 1. The highest BCUT2D eigenvalue weighted by Crippen LogP contribution is 2.36. The third kappa shape index (κ3) is 3.41. The van der Waals surface area contributed by atoms with E-state index in [9.17, 15) is 26.0 Å². The summed E-state index contributed by atoms with van der Waals surface area (Å²) in [5.74, 6) is -1.12. The molecule has 1 fully saturated rings. The first-order valence-electron chi connectivity index (χ1n) is 6.70. The zero-order valence-electron chi connectivity index (χ0n) is 11.8. The Hall–Kier alpha value is -1.19. The van der Waals surface area contributed by atoms with Gasteiger partial charge in [0.2, 0.25) is 10.0 Å². The summed E-state index contributed by atoms with van der Waals surface area (Å²) < 4.78 is 77.9. The van der Waals surface area contributed by atoms with E-state index in [4.69, 9.17) is 0 Å². The summed E-state index contributed by atoms with van der Waals surface area (Å²) in [6.45, 7) is 0.255. The molecule has 4 nitrogen and oxygen atoms in total. The number of hydrogen-bond donors (Lipinski definition) is 1. The monoisotopic (exact) mass is 340 g/mol. The van der Waals surface area contributed by atoms with Crippen molar-refractivity contribution in [2.45, 2.75) is 30.0 Å². The molecule has 1 aliphatic rings.